The average Bonchev–Trinajstić information content (AvgIpc) is 2.23. The Labute approximate surface area is 112 Å². The number of rotatable bonds is 5. The van der Waals surface area contributed by atoms with Crippen molar-refractivity contribution in [3.8, 4) is 0 Å². The Morgan fingerprint density at radius 2 is 1.95 bits per heavy atom. The molecule has 104 valence electrons. The minimum atomic E-state index is -0.975. The Morgan fingerprint density at radius 3 is 2.37 bits per heavy atom. The molecule has 1 amide bonds. The number of aryl methyl sites for hydroxylation is 2. The third kappa shape index (κ3) is 3.43. The summed E-state index contributed by atoms with van der Waals surface area (Å²) in [6.45, 7) is 7.02. The molecule has 1 rings (SSSR count). The molecule has 0 saturated carbocycles. The summed E-state index contributed by atoms with van der Waals surface area (Å²) in [6, 6.07) is 0.838. The number of pyridine rings is 1. The average molecular weight is 265 g/mol. The summed E-state index contributed by atoms with van der Waals surface area (Å²) < 4.78 is 0. The van der Waals surface area contributed by atoms with Crippen LogP contribution < -0.4 is 11.1 Å². The lowest BCUT2D eigenvalue weighted by Crippen LogP contribution is -2.35. The fourth-order valence-electron chi connectivity index (χ4n) is 1.93. The molecule has 0 aromatic carbocycles. The number of carbonyl (C=O) groups is 2. The smallest absolute Gasteiger partial charge is 0.326 e. The molecule has 0 spiro atoms. The van der Waals surface area contributed by atoms with Crippen molar-refractivity contribution in [1.82, 2.24) is 4.98 Å². The molecule has 0 bridgehead atoms. The number of nitrogens with one attached hydrogen (secondary N) is 1. The van der Waals surface area contributed by atoms with E-state index in [4.69, 9.17) is 5.73 Å². The normalized spacial score (nSPS) is 12.3. The third-order valence-electron chi connectivity index (χ3n) is 2.82. The maximum atomic E-state index is 11.5. The van der Waals surface area contributed by atoms with Crippen LogP contribution in [-0.4, -0.2) is 28.0 Å². The number of carboxylic acid groups (broad SMARTS) is 1. The van der Waals surface area contributed by atoms with Gasteiger partial charge in [-0.3, -0.25) is 9.78 Å². The van der Waals surface area contributed by atoms with Gasteiger partial charge in [0.05, 0.1) is 16.9 Å². The van der Waals surface area contributed by atoms with Crippen LogP contribution in [0.1, 0.15) is 35.6 Å². The summed E-state index contributed by atoms with van der Waals surface area (Å²) in [6.07, 6.45) is 0. The fraction of sp³-hybridized carbons (Fsp3) is 0.462. The zero-order chi connectivity index (χ0) is 14.7. The van der Waals surface area contributed by atoms with Gasteiger partial charge in [0.15, 0.2) is 0 Å². The van der Waals surface area contributed by atoms with Gasteiger partial charge < -0.3 is 16.2 Å². The molecule has 4 N–H and O–H groups in total. The molecule has 0 fully saturated rings. The molecular formula is C13H19N3O3. The maximum absolute atomic E-state index is 11.5. The molecule has 6 heteroatoms. The molecular weight excluding hydrogens is 246 g/mol. The largest absolute Gasteiger partial charge is 0.480 e. The zero-order valence-corrected chi connectivity index (χ0v) is 11.5. The SMILES string of the molecule is Cc1cc(NC(C(=O)O)C(C)C)c(C(N)=O)c(C)n1. The highest BCUT2D eigenvalue weighted by Gasteiger charge is 2.24. The second-order valence-electron chi connectivity index (χ2n) is 4.84. The second kappa shape index (κ2) is 5.69. The van der Waals surface area contributed by atoms with Gasteiger partial charge in [0.1, 0.15) is 6.04 Å². The maximum Gasteiger partial charge on any atom is 0.326 e. The Morgan fingerprint density at radius 1 is 1.37 bits per heavy atom. The second-order valence-corrected chi connectivity index (χ2v) is 4.84. The summed E-state index contributed by atoms with van der Waals surface area (Å²) in [5, 5.41) is 12.0. The molecule has 19 heavy (non-hydrogen) atoms. The van der Waals surface area contributed by atoms with Gasteiger partial charge in [-0.15, -0.1) is 0 Å². The van der Waals surface area contributed by atoms with Crippen LogP contribution in [0.3, 0.4) is 0 Å². The molecule has 0 aliphatic heterocycles. The Hall–Kier alpha value is -2.11. The molecule has 0 saturated heterocycles. The van der Waals surface area contributed by atoms with E-state index in [9.17, 15) is 14.7 Å². The topological polar surface area (TPSA) is 105 Å². The first-order valence-electron chi connectivity index (χ1n) is 6.01. The van der Waals surface area contributed by atoms with Gasteiger partial charge >= 0.3 is 5.97 Å². The summed E-state index contributed by atoms with van der Waals surface area (Å²) >= 11 is 0. The van der Waals surface area contributed by atoms with Crippen molar-refractivity contribution in [2.75, 3.05) is 5.32 Å². The molecule has 1 aromatic rings. The number of primary amides is 1. The van der Waals surface area contributed by atoms with E-state index in [2.05, 4.69) is 10.3 Å². The Kier molecular flexibility index (Phi) is 4.47. The van der Waals surface area contributed by atoms with Gasteiger partial charge in [-0.2, -0.15) is 0 Å². The predicted octanol–water partition coefficient (Wildman–Crippen LogP) is 1.32. The van der Waals surface area contributed by atoms with Crippen LogP contribution in [0.2, 0.25) is 0 Å². The van der Waals surface area contributed by atoms with Crippen molar-refractivity contribution in [2.24, 2.45) is 11.7 Å². The number of amides is 1. The van der Waals surface area contributed by atoms with E-state index < -0.39 is 17.9 Å². The molecule has 1 aromatic heterocycles. The third-order valence-corrected chi connectivity index (χ3v) is 2.82. The van der Waals surface area contributed by atoms with Gasteiger partial charge in [0, 0.05) is 5.69 Å². The minimum Gasteiger partial charge on any atom is -0.480 e. The molecule has 0 aliphatic rings. The zero-order valence-electron chi connectivity index (χ0n) is 11.5. The summed E-state index contributed by atoms with van der Waals surface area (Å²) in [7, 11) is 0. The standard InChI is InChI=1S/C13H19N3O3/c1-6(2)11(13(18)19)16-9-5-7(3)15-8(4)10(9)12(14)17/h5-6,11H,1-4H3,(H2,14,17)(H,15,16)(H,18,19). The Balaban J connectivity index is 3.26. The van der Waals surface area contributed by atoms with E-state index in [1.54, 1.807) is 33.8 Å². The minimum absolute atomic E-state index is 0.132. The van der Waals surface area contributed by atoms with Crippen molar-refractivity contribution < 1.29 is 14.7 Å². The molecule has 1 unspecified atom stereocenters. The van der Waals surface area contributed by atoms with Gasteiger partial charge in [-0.1, -0.05) is 13.8 Å². The van der Waals surface area contributed by atoms with E-state index in [0.717, 1.165) is 0 Å². The summed E-state index contributed by atoms with van der Waals surface area (Å²) in [5.74, 6) is -1.73. The van der Waals surface area contributed by atoms with Crippen LogP contribution >= 0.6 is 0 Å². The molecule has 0 radical (unpaired) electrons. The van der Waals surface area contributed by atoms with E-state index in [0.29, 0.717) is 17.1 Å². The van der Waals surface area contributed by atoms with Crippen molar-refractivity contribution >= 4 is 17.6 Å². The lowest BCUT2D eigenvalue weighted by Gasteiger charge is -2.21. The van der Waals surface area contributed by atoms with Gasteiger partial charge in [0.25, 0.3) is 5.91 Å². The number of carboxylic acids is 1. The highest BCUT2D eigenvalue weighted by Crippen LogP contribution is 2.21. The first-order chi connectivity index (χ1) is 8.73. The van der Waals surface area contributed by atoms with Crippen molar-refractivity contribution in [2.45, 2.75) is 33.7 Å². The molecule has 0 aliphatic carbocycles. The molecule has 1 heterocycles. The van der Waals surface area contributed by atoms with Gasteiger partial charge in [-0.25, -0.2) is 4.79 Å². The van der Waals surface area contributed by atoms with Gasteiger partial charge in [-0.05, 0) is 25.8 Å². The van der Waals surface area contributed by atoms with Gasteiger partial charge in [0.2, 0.25) is 0 Å². The number of aliphatic carboxylic acids is 1. The van der Waals surface area contributed by atoms with Crippen LogP contribution in [0.4, 0.5) is 5.69 Å². The molecule has 6 nitrogen and oxygen atoms in total. The van der Waals surface area contributed by atoms with Crippen LogP contribution in [0.15, 0.2) is 6.07 Å². The van der Waals surface area contributed by atoms with Crippen LogP contribution in [0.25, 0.3) is 0 Å². The van der Waals surface area contributed by atoms with Crippen LogP contribution in [-0.2, 0) is 4.79 Å². The monoisotopic (exact) mass is 265 g/mol. The van der Waals surface area contributed by atoms with E-state index >= 15 is 0 Å². The quantitative estimate of drug-likeness (QED) is 0.744. The predicted molar refractivity (Wildman–Crippen MR) is 72.1 cm³/mol. The van der Waals surface area contributed by atoms with Crippen molar-refractivity contribution in [3.05, 3.63) is 23.0 Å². The van der Waals surface area contributed by atoms with E-state index in [1.807, 2.05) is 0 Å². The fourth-order valence-corrected chi connectivity index (χ4v) is 1.93. The number of carbonyl (C=O) groups excluding carboxylic acids is 1. The lowest BCUT2D eigenvalue weighted by atomic mass is 10.0. The number of aromatic nitrogens is 1. The lowest BCUT2D eigenvalue weighted by molar-refractivity contribution is -0.138. The highest BCUT2D eigenvalue weighted by molar-refractivity contribution is 6.00. The van der Waals surface area contributed by atoms with Crippen molar-refractivity contribution in [3.63, 3.8) is 0 Å². The Bertz CT molecular complexity index is 512. The van der Waals surface area contributed by atoms with E-state index in [1.165, 1.54) is 0 Å². The molecule has 1 atom stereocenters. The first-order valence-corrected chi connectivity index (χ1v) is 6.01. The number of nitrogens with zero attached hydrogens (tertiary/aromatic N) is 1. The first kappa shape index (κ1) is 14.9. The summed E-state index contributed by atoms with van der Waals surface area (Å²) in [4.78, 5) is 26.8. The highest BCUT2D eigenvalue weighted by atomic mass is 16.4. The van der Waals surface area contributed by atoms with Crippen LogP contribution in [0.5, 0.6) is 0 Å². The number of hydrogen-bond donors (Lipinski definition) is 3. The van der Waals surface area contributed by atoms with Crippen molar-refractivity contribution in [1.29, 1.82) is 0 Å². The number of hydrogen-bond acceptors (Lipinski definition) is 4. The number of anilines is 1. The van der Waals surface area contributed by atoms with E-state index in [-0.39, 0.29) is 11.5 Å². The van der Waals surface area contributed by atoms with Crippen LogP contribution in [0, 0.1) is 19.8 Å². The number of nitrogens with two attached hydrogens (primary N) is 1. The summed E-state index contributed by atoms with van der Waals surface area (Å²) in [5.41, 5.74) is 7.16.